The first-order valence-corrected chi connectivity index (χ1v) is 15.9. The molecule has 0 aromatic heterocycles. The van der Waals surface area contributed by atoms with Crippen LogP contribution in [0.3, 0.4) is 0 Å². The van der Waals surface area contributed by atoms with Crippen LogP contribution in [0.2, 0.25) is 0 Å². The normalized spacial score (nSPS) is 15.7. The Kier molecular flexibility index (Phi) is 12.2. The molecule has 0 N–H and O–H groups in total. The zero-order valence-corrected chi connectivity index (χ0v) is 29.6. The van der Waals surface area contributed by atoms with Gasteiger partial charge < -0.3 is 15.1 Å². The van der Waals surface area contributed by atoms with Crippen molar-refractivity contribution in [2.45, 2.75) is 12.1 Å². The van der Waals surface area contributed by atoms with Gasteiger partial charge >= 0.3 is 0 Å². The second kappa shape index (κ2) is 17.1. The molecule has 5 aromatic rings. The van der Waals surface area contributed by atoms with E-state index in [0.29, 0.717) is 0 Å². The molecule has 3 nitrogen and oxygen atoms in total. The minimum absolute atomic E-state index is 0. The van der Waals surface area contributed by atoms with Crippen LogP contribution in [0.15, 0.2) is 177 Å². The van der Waals surface area contributed by atoms with Crippen LogP contribution in [-0.2, 0) is 20.1 Å². The Balaban J connectivity index is 0.000000280. The van der Waals surface area contributed by atoms with Gasteiger partial charge in [-0.25, -0.2) is 0 Å². The first-order chi connectivity index (χ1) is 23.6. The largest absolute Gasteiger partial charge is 0.683 e. The Morgan fingerprint density at radius 2 is 1.27 bits per heavy atom. The Morgan fingerprint density at radius 3 is 1.82 bits per heavy atom. The van der Waals surface area contributed by atoms with Gasteiger partial charge in [-0.2, -0.15) is 66.4 Å². The third kappa shape index (κ3) is 8.74. The molecule has 2 aliphatic heterocycles. The summed E-state index contributed by atoms with van der Waals surface area (Å²) in [5, 5.41) is 4.55. The van der Waals surface area contributed by atoms with Crippen molar-refractivity contribution >= 4 is 29.2 Å². The predicted molar refractivity (Wildman–Crippen MR) is 203 cm³/mol. The monoisotopic (exact) mass is 812 g/mol. The Bertz CT molecular complexity index is 1880. The van der Waals surface area contributed by atoms with Crippen molar-refractivity contribution in [3.8, 4) is 11.1 Å². The first-order valence-electron chi connectivity index (χ1n) is 15.9. The van der Waals surface area contributed by atoms with Gasteiger partial charge in [-0.15, -0.1) is 11.1 Å². The average molecular weight is 812 g/mol. The summed E-state index contributed by atoms with van der Waals surface area (Å²) in [5.74, 6) is 0. The van der Waals surface area contributed by atoms with Crippen molar-refractivity contribution < 1.29 is 20.1 Å². The van der Waals surface area contributed by atoms with Crippen LogP contribution in [-0.4, -0.2) is 4.90 Å². The summed E-state index contributed by atoms with van der Waals surface area (Å²) < 4.78 is 0. The maximum absolute atomic E-state index is 4.55. The van der Waals surface area contributed by atoms with E-state index < -0.39 is 0 Å². The fraction of sp³-hybridized carbons (Fsp3) is 0.0444. The van der Waals surface area contributed by atoms with Crippen molar-refractivity contribution in [2.75, 3.05) is 4.90 Å². The summed E-state index contributed by atoms with van der Waals surface area (Å²) >= 11 is 0. The number of hydrogen-bond acceptors (Lipinski definition) is 2. The number of nitrogens with zero attached hydrogens (tertiary/aromatic N) is 3. The quantitative estimate of drug-likeness (QED) is 0.146. The molecule has 245 valence electrons. The van der Waals surface area contributed by atoms with E-state index in [1.807, 2.05) is 78.0 Å². The van der Waals surface area contributed by atoms with E-state index in [2.05, 4.69) is 146 Å². The van der Waals surface area contributed by atoms with Gasteiger partial charge in [0.25, 0.3) is 0 Å². The molecule has 0 saturated heterocycles. The van der Waals surface area contributed by atoms with Crippen LogP contribution in [0.1, 0.15) is 34.3 Å². The van der Waals surface area contributed by atoms with Crippen LogP contribution >= 0.6 is 0 Å². The van der Waals surface area contributed by atoms with Crippen LogP contribution < -0.4 is 4.90 Å². The van der Waals surface area contributed by atoms with Crippen LogP contribution in [0.5, 0.6) is 0 Å². The van der Waals surface area contributed by atoms with Crippen LogP contribution in [0, 0.1) is 19.2 Å². The summed E-state index contributed by atoms with van der Waals surface area (Å²) in [6, 6.07) is 46.6. The van der Waals surface area contributed by atoms with Gasteiger partial charge in [0, 0.05) is 43.2 Å². The van der Waals surface area contributed by atoms with E-state index in [9.17, 15) is 0 Å². The standard InChI is InChI=1S/C33H26N2.C12H11N.Ir/c1-3-25-11-17-30(18-12-25)35(31-19-13-26(4-2)14-20-31)32-21-15-27(16-22-32)28-8-7-9-29(24-28)33-10-5-6-23-34-33;1-13-10-6-5-9-12(13)11-7-3-2-4-8-11;/h3-8,10-24,33H,1-2H2;2-7,9-10,12H,1H2;/q2*-2;. The van der Waals surface area contributed by atoms with E-state index >= 15 is 0 Å². The Morgan fingerprint density at radius 1 is 0.653 bits per heavy atom. The molecular formula is C45H37IrN3-4. The summed E-state index contributed by atoms with van der Waals surface area (Å²) in [6.07, 6.45) is 19.7. The zero-order chi connectivity index (χ0) is 33.1. The molecule has 2 heterocycles. The van der Waals surface area contributed by atoms with Crippen molar-refractivity contribution in [1.82, 2.24) is 4.90 Å². The molecule has 0 bridgehead atoms. The van der Waals surface area contributed by atoms with Gasteiger partial charge in [0.15, 0.2) is 0 Å². The smallest absolute Gasteiger partial charge is 0.0462 e. The average Bonchev–Trinajstić information content (AvgIpc) is 3.17. The second-order valence-corrected chi connectivity index (χ2v) is 11.3. The van der Waals surface area contributed by atoms with E-state index in [1.54, 1.807) is 0 Å². The van der Waals surface area contributed by atoms with Gasteiger partial charge in [-0.1, -0.05) is 98.1 Å². The van der Waals surface area contributed by atoms with Crippen LogP contribution in [0.4, 0.5) is 17.1 Å². The van der Waals surface area contributed by atoms with Crippen LogP contribution in [0.25, 0.3) is 28.6 Å². The van der Waals surface area contributed by atoms with Crippen molar-refractivity contribution in [3.05, 3.63) is 224 Å². The van der Waals surface area contributed by atoms with E-state index in [1.165, 1.54) is 0 Å². The van der Waals surface area contributed by atoms with Gasteiger partial charge in [0.1, 0.15) is 0 Å². The third-order valence-electron chi connectivity index (χ3n) is 8.20. The summed E-state index contributed by atoms with van der Waals surface area (Å²) in [5.41, 5.74) is 9.98. The minimum Gasteiger partial charge on any atom is -0.683 e. The van der Waals surface area contributed by atoms with Crippen molar-refractivity contribution in [2.24, 2.45) is 0 Å². The van der Waals surface area contributed by atoms with Crippen molar-refractivity contribution in [1.29, 1.82) is 0 Å². The van der Waals surface area contributed by atoms with E-state index in [4.69, 9.17) is 0 Å². The molecule has 0 aliphatic carbocycles. The molecule has 7 rings (SSSR count). The van der Waals surface area contributed by atoms with E-state index in [0.717, 1.165) is 50.4 Å². The summed E-state index contributed by atoms with van der Waals surface area (Å²) in [4.78, 5) is 4.18. The van der Waals surface area contributed by atoms with Gasteiger partial charge in [-0.3, -0.25) is 7.05 Å². The number of anilines is 3. The number of allylic oxidation sites excluding steroid dienone is 4. The fourth-order valence-electron chi connectivity index (χ4n) is 5.61. The molecule has 2 aliphatic rings. The molecular weight excluding hydrogens is 775 g/mol. The molecule has 2 atom stereocenters. The van der Waals surface area contributed by atoms with Gasteiger partial charge in [0.2, 0.25) is 0 Å². The van der Waals surface area contributed by atoms with Gasteiger partial charge in [-0.05, 0) is 65.4 Å². The molecule has 0 saturated carbocycles. The van der Waals surface area contributed by atoms with Gasteiger partial charge in [0.05, 0.1) is 0 Å². The predicted octanol–water partition coefficient (Wildman–Crippen LogP) is 12.1. The molecule has 5 aromatic carbocycles. The van der Waals surface area contributed by atoms with Crippen molar-refractivity contribution in [3.63, 3.8) is 0 Å². The molecule has 0 fully saturated rings. The molecule has 0 spiro atoms. The number of hydrogen-bond donors (Lipinski definition) is 0. The Hall–Kier alpha value is -5.41. The number of benzene rings is 5. The molecule has 49 heavy (non-hydrogen) atoms. The maximum atomic E-state index is 4.55. The molecule has 4 heteroatoms. The third-order valence-corrected chi connectivity index (χ3v) is 8.20. The van der Waals surface area contributed by atoms with E-state index in [-0.39, 0.29) is 32.2 Å². The first kappa shape index (κ1) is 34.9. The minimum atomic E-state index is 0. The summed E-state index contributed by atoms with van der Waals surface area (Å²) in [6.45, 7) is 7.75. The molecule has 2 unspecified atom stereocenters. The molecule has 0 amide bonds. The molecule has 1 radical (unpaired) electrons. The Labute approximate surface area is 305 Å². The maximum Gasteiger partial charge on any atom is 0.0462 e. The second-order valence-electron chi connectivity index (χ2n) is 11.3. The summed E-state index contributed by atoms with van der Waals surface area (Å²) in [7, 11) is 3.93. The zero-order valence-electron chi connectivity index (χ0n) is 27.2. The SMILES string of the molecule is C=Cc1ccc(N(c2ccc(C=C)cc2)c2ccc(-c3cc[c-]c(C4C=CC=C[N-]4)c3)cc2)cc1.[CH2-]N1C=CC=CC1c1[c-]cccc1.[Ir]. The fourth-order valence-corrected chi connectivity index (χ4v) is 5.61. The number of rotatable bonds is 8. The topological polar surface area (TPSA) is 20.6 Å².